The van der Waals surface area contributed by atoms with Gasteiger partial charge in [-0.25, -0.2) is 0 Å². The van der Waals surface area contributed by atoms with Crippen molar-refractivity contribution in [3.05, 3.63) is 28.2 Å². The Morgan fingerprint density at radius 3 is 2.65 bits per heavy atom. The average molecular weight is 301 g/mol. The highest BCUT2D eigenvalue weighted by molar-refractivity contribution is 9.10. The standard InChI is InChI=1S/C12H17BrN2O2/c1-7(12(15)16)6-17-11-4-3-9(13)5-10(11)8(2)14/h3-5,7-8H,6,14H2,1-2H3,(H2,15,16)/t7?,8-/m0/s1. The molecule has 0 aromatic heterocycles. The molecule has 1 aromatic rings. The molecule has 0 fully saturated rings. The molecule has 0 saturated heterocycles. The first kappa shape index (κ1) is 14.0. The lowest BCUT2D eigenvalue weighted by atomic mass is 10.1. The summed E-state index contributed by atoms with van der Waals surface area (Å²) in [7, 11) is 0. The van der Waals surface area contributed by atoms with Gasteiger partial charge in [-0.2, -0.15) is 0 Å². The zero-order valence-electron chi connectivity index (χ0n) is 9.94. The Kier molecular flexibility index (Phi) is 4.96. The maximum Gasteiger partial charge on any atom is 0.223 e. The Bertz CT molecular complexity index is 407. The van der Waals surface area contributed by atoms with E-state index in [1.807, 2.05) is 25.1 Å². The Labute approximate surface area is 109 Å². The van der Waals surface area contributed by atoms with Crippen LogP contribution in [0.15, 0.2) is 22.7 Å². The molecule has 1 unspecified atom stereocenters. The minimum absolute atomic E-state index is 0.133. The quantitative estimate of drug-likeness (QED) is 0.872. The first-order valence-corrected chi connectivity index (χ1v) is 6.18. The van der Waals surface area contributed by atoms with Crippen LogP contribution in [-0.4, -0.2) is 12.5 Å². The van der Waals surface area contributed by atoms with Gasteiger partial charge in [-0.15, -0.1) is 0 Å². The third kappa shape index (κ3) is 4.02. The molecular formula is C12H17BrN2O2. The maximum absolute atomic E-state index is 10.9. The van der Waals surface area contributed by atoms with Crippen LogP contribution in [0.2, 0.25) is 0 Å². The zero-order valence-corrected chi connectivity index (χ0v) is 11.5. The number of primary amides is 1. The fourth-order valence-electron chi connectivity index (χ4n) is 1.30. The van der Waals surface area contributed by atoms with Crippen LogP contribution < -0.4 is 16.2 Å². The molecule has 0 aliphatic rings. The number of rotatable bonds is 5. The first-order chi connectivity index (χ1) is 7.91. The maximum atomic E-state index is 10.9. The molecule has 1 rings (SSSR count). The van der Waals surface area contributed by atoms with Crippen LogP contribution in [0.5, 0.6) is 5.75 Å². The SMILES string of the molecule is CC(COc1ccc(Br)cc1[C@H](C)N)C(N)=O. The number of hydrogen-bond donors (Lipinski definition) is 2. The Balaban J connectivity index is 2.80. The fraction of sp³-hybridized carbons (Fsp3) is 0.417. The molecular weight excluding hydrogens is 284 g/mol. The lowest BCUT2D eigenvalue weighted by Crippen LogP contribution is -2.26. The molecule has 17 heavy (non-hydrogen) atoms. The van der Waals surface area contributed by atoms with E-state index in [1.165, 1.54) is 0 Å². The van der Waals surface area contributed by atoms with E-state index in [1.54, 1.807) is 6.92 Å². The van der Waals surface area contributed by atoms with E-state index in [0.29, 0.717) is 5.75 Å². The van der Waals surface area contributed by atoms with E-state index in [4.69, 9.17) is 16.2 Å². The molecule has 1 amide bonds. The predicted octanol–water partition coefficient (Wildman–Crippen LogP) is 1.97. The van der Waals surface area contributed by atoms with Gasteiger partial charge in [0, 0.05) is 16.1 Å². The number of carbonyl (C=O) groups is 1. The summed E-state index contributed by atoms with van der Waals surface area (Å²) in [6.07, 6.45) is 0. The van der Waals surface area contributed by atoms with Crippen LogP contribution in [0.3, 0.4) is 0 Å². The van der Waals surface area contributed by atoms with Crippen LogP contribution in [0, 0.1) is 5.92 Å². The van der Waals surface area contributed by atoms with Crippen LogP contribution >= 0.6 is 15.9 Å². The summed E-state index contributed by atoms with van der Waals surface area (Å²) < 4.78 is 6.52. The van der Waals surface area contributed by atoms with Crippen LogP contribution in [0.4, 0.5) is 0 Å². The van der Waals surface area contributed by atoms with Crippen molar-refractivity contribution in [1.82, 2.24) is 0 Å². The van der Waals surface area contributed by atoms with Crippen LogP contribution in [0.25, 0.3) is 0 Å². The highest BCUT2D eigenvalue weighted by Gasteiger charge is 2.13. The van der Waals surface area contributed by atoms with Gasteiger partial charge in [0.1, 0.15) is 5.75 Å². The number of ether oxygens (including phenoxy) is 1. The smallest absolute Gasteiger partial charge is 0.223 e. The second-order valence-corrected chi connectivity index (χ2v) is 5.00. The topological polar surface area (TPSA) is 78.3 Å². The van der Waals surface area contributed by atoms with E-state index in [2.05, 4.69) is 15.9 Å². The Morgan fingerprint density at radius 1 is 1.47 bits per heavy atom. The Morgan fingerprint density at radius 2 is 2.12 bits per heavy atom. The van der Waals surface area contributed by atoms with E-state index in [0.717, 1.165) is 10.0 Å². The summed E-state index contributed by atoms with van der Waals surface area (Å²) in [5, 5.41) is 0. The van der Waals surface area contributed by atoms with Crippen LogP contribution in [0.1, 0.15) is 25.5 Å². The number of hydrogen-bond acceptors (Lipinski definition) is 3. The molecule has 1 aromatic carbocycles. The minimum Gasteiger partial charge on any atom is -0.492 e. The highest BCUT2D eigenvalue weighted by Crippen LogP contribution is 2.27. The van der Waals surface area contributed by atoms with E-state index in [-0.39, 0.29) is 24.5 Å². The summed E-state index contributed by atoms with van der Waals surface area (Å²) in [6, 6.07) is 5.48. The third-order valence-electron chi connectivity index (χ3n) is 2.44. The van der Waals surface area contributed by atoms with Crippen molar-refractivity contribution in [1.29, 1.82) is 0 Å². The number of benzene rings is 1. The molecule has 4 N–H and O–H groups in total. The summed E-state index contributed by atoms with van der Waals surface area (Å²) >= 11 is 3.38. The lowest BCUT2D eigenvalue weighted by Gasteiger charge is -2.16. The number of halogens is 1. The van der Waals surface area contributed by atoms with Crippen molar-refractivity contribution in [2.75, 3.05) is 6.61 Å². The largest absolute Gasteiger partial charge is 0.492 e. The van der Waals surface area contributed by atoms with Crippen molar-refractivity contribution >= 4 is 21.8 Å². The molecule has 0 saturated carbocycles. The molecule has 2 atom stereocenters. The van der Waals surface area contributed by atoms with E-state index < -0.39 is 0 Å². The van der Waals surface area contributed by atoms with Crippen molar-refractivity contribution in [2.45, 2.75) is 19.9 Å². The molecule has 0 aliphatic carbocycles. The monoisotopic (exact) mass is 300 g/mol. The zero-order chi connectivity index (χ0) is 13.0. The van der Waals surface area contributed by atoms with Gasteiger partial charge in [-0.3, -0.25) is 4.79 Å². The molecule has 0 aliphatic heterocycles. The second-order valence-electron chi connectivity index (χ2n) is 4.09. The molecule has 5 heteroatoms. The minimum atomic E-state index is -0.371. The summed E-state index contributed by atoms with van der Waals surface area (Å²) in [5.74, 6) is 0.000311. The summed E-state index contributed by atoms with van der Waals surface area (Å²) in [4.78, 5) is 10.9. The van der Waals surface area contributed by atoms with Crippen molar-refractivity contribution in [3.63, 3.8) is 0 Å². The summed E-state index contributed by atoms with van der Waals surface area (Å²) in [6.45, 7) is 3.87. The normalized spacial score (nSPS) is 14.1. The van der Waals surface area contributed by atoms with Crippen LogP contribution in [-0.2, 0) is 4.79 Å². The molecule has 0 heterocycles. The first-order valence-electron chi connectivity index (χ1n) is 5.39. The number of amides is 1. The van der Waals surface area contributed by atoms with Crippen molar-refractivity contribution in [2.24, 2.45) is 17.4 Å². The van der Waals surface area contributed by atoms with Gasteiger partial charge in [-0.1, -0.05) is 22.9 Å². The molecule has 94 valence electrons. The number of carbonyl (C=O) groups excluding carboxylic acids is 1. The van der Waals surface area contributed by atoms with Gasteiger partial charge in [0.25, 0.3) is 0 Å². The van der Waals surface area contributed by atoms with E-state index >= 15 is 0 Å². The fourth-order valence-corrected chi connectivity index (χ4v) is 1.68. The van der Waals surface area contributed by atoms with Gasteiger partial charge in [0.2, 0.25) is 5.91 Å². The van der Waals surface area contributed by atoms with Gasteiger partial charge in [0.15, 0.2) is 0 Å². The molecule has 4 nitrogen and oxygen atoms in total. The second kappa shape index (κ2) is 6.02. The molecule has 0 spiro atoms. The Hall–Kier alpha value is -1.07. The summed E-state index contributed by atoms with van der Waals surface area (Å²) in [5.41, 5.74) is 11.9. The third-order valence-corrected chi connectivity index (χ3v) is 2.93. The van der Waals surface area contributed by atoms with Gasteiger partial charge >= 0.3 is 0 Å². The number of nitrogens with two attached hydrogens (primary N) is 2. The predicted molar refractivity (Wildman–Crippen MR) is 70.6 cm³/mol. The van der Waals surface area contributed by atoms with Gasteiger partial charge in [-0.05, 0) is 25.1 Å². The lowest BCUT2D eigenvalue weighted by molar-refractivity contribution is -0.122. The van der Waals surface area contributed by atoms with Gasteiger partial charge in [0.05, 0.1) is 12.5 Å². The molecule has 0 bridgehead atoms. The van der Waals surface area contributed by atoms with E-state index in [9.17, 15) is 4.79 Å². The van der Waals surface area contributed by atoms with Gasteiger partial charge < -0.3 is 16.2 Å². The molecule has 0 radical (unpaired) electrons. The average Bonchev–Trinajstić information content (AvgIpc) is 2.26. The highest BCUT2D eigenvalue weighted by atomic mass is 79.9. The van der Waals surface area contributed by atoms with Crippen molar-refractivity contribution < 1.29 is 9.53 Å². The van der Waals surface area contributed by atoms with Crippen molar-refractivity contribution in [3.8, 4) is 5.75 Å².